The molecule has 0 bridgehead atoms. The molecule has 0 aromatic rings. The van der Waals surface area contributed by atoms with Crippen molar-refractivity contribution in [1.82, 2.24) is 5.32 Å². The minimum Gasteiger partial charge on any atom is -0.310 e. The zero-order chi connectivity index (χ0) is 9.61. The van der Waals surface area contributed by atoms with E-state index in [2.05, 4.69) is 5.32 Å². The van der Waals surface area contributed by atoms with Crippen LogP contribution in [0.2, 0.25) is 0 Å². The number of carbonyl (C=O) groups is 1. The molecule has 1 aliphatic heterocycles. The number of nitrogens with one attached hydrogen (secondary N) is 1. The number of hydrogen-bond acceptors (Lipinski definition) is 4. The molecule has 0 saturated carbocycles. The molecular formula is C6H13NO4S. The number of rotatable bonds is 0. The van der Waals surface area contributed by atoms with E-state index in [-0.39, 0.29) is 0 Å². The fraction of sp³-hybridized carbons (Fsp3) is 0.833. The molecule has 1 rings (SSSR count). The third kappa shape index (κ3) is 12.2. The maximum Gasteiger partial charge on any atom is 0.261 e. The van der Waals surface area contributed by atoms with Crippen molar-refractivity contribution in [3.63, 3.8) is 0 Å². The van der Waals surface area contributed by atoms with E-state index in [9.17, 15) is 13.2 Å². The van der Waals surface area contributed by atoms with Crippen LogP contribution in [0.4, 0.5) is 0 Å². The Morgan fingerprint density at radius 2 is 2.00 bits per heavy atom. The highest BCUT2D eigenvalue weighted by atomic mass is 32.2. The Morgan fingerprint density at radius 1 is 1.50 bits per heavy atom. The highest BCUT2D eigenvalue weighted by Gasteiger charge is 2.04. The average Bonchev–Trinajstić information content (AvgIpc) is 1.85. The van der Waals surface area contributed by atoms with Crippen LogP contribution in [-0.4, -0.2) is 38.1 Å². The van der Waals surface area contributed by atoms with Gasteiger partial charge in [-0.2, -0.15) is 8.42 Å². The van der Waals surface area contributed by atoms with Crippen LogP contribution in [0.3, 0.4) is 0 Å². The van der Waals surface area contributed by atoms with Gasteiger partial charge in [-0.15, -0.1) is 0 Å². The van der Waals surface area contributed by atoms with Crippen LogP contribution >= 0.6 is 0 Å². The van der Waals surface area contributed by atoms with E-state index in [1.165, 1.54) is 0 Å². The van der Waals surface area contributed by atoms with Crippen molar-refractivity contribution in [2.75, 3.05) is 19.3 Å². The van der Waals surface area contributed by atoms with Gasteiger partial charge < -0.3 is 5.32 Å². The Bertz CT molecular complexity index is 218. The molecule has 0 atom stereocenters. The molecule has 2 N–H and O–H groups in total. The smallest absolute Gasteiger partial charge is 0.261 e. The van der Waals surface area contributed by atoms with Crippen molar-refractivity contribution in [3.05, 3.63) is 0 Å². The average molecular weight is 195 g/mol. The lowest BCUT2D eigenvalue weighted by molar-refractivity contribution is -0.119. The van der Waals surface area contributed by atoms with Gasteiger partial charge in [0, 0.05) is 6.42 Å². The van der Waals surface area contributed by atoms with Crippen LogP contribution in [0.1, 0.15) is 12.8 Å². The fourth-order valence-corrected chi connectivity index (χ4v) is 0.727. The lowest BCUT2D eigenvalue weighted by atomic mass is 10.1. The second-order valence-corrected chi connectivity index (χ2v) is 4.02. The summed E-state index contributed by atoms with van der Waals surface area (Å²) in [6.07, 6.45) is 2.53. The van der Waals surface area contributed by atoms with Crippen LogP contribution in [0, 0.1) is 0 Å². The van der Waals surface area contributed by atoms with Gasteiger partial charge in [-0.25, -0.2) is 0 Å². The highest BCUT2D eigenvalue weighted by molar-refractivity contribution is 7.85. The van der Waals surface area contributed by atoms with Gasteiger partial charge in [0.15, 0.2) is 0 Å². The lowest BCUT2D eigenvalue weighted by Crippen LogP contribution is -2.29. The van der Waals surface area contributed by atoms with Crippen molar-refractivity contribution >= 4 is 15.9 Å². The van der Waals surface area contributed by atoms with Crippen LogP contribution < -0.4 is 5.32 Å². The molecule has 1 saturated heterocycles. The van der Waals surface area contributed by atoms with Crippen molar-refractivity contribution in [2.24, 2.45) is 0 Å². The molecule has 6 heteroatoms. The summed E-state index contributed by atoms with van der Waals surface area (Å²) in [5, 5.41) is 2.98. The van der Waals surface area contributed by atoms with Gasteiger partial charge in [0.05, 0.1) is 12.8 Å². The maximum atomic E-state index is 10.4. The molecule has 0 radical (unpaired) electrons. The minimum atomic E-state index is -3.67. The van der Waals surface area contributed by atoms with Gasteiger partial charge in [0.2, 0.25) is 0 Å². The molecule has 1 heterocycles. The third-order valence-corrected chi connectivity index (χ3v) is 1.13. The van der Waals surface area contributed by atoms with Gasteiger partial charge in [-0.05, 0) is 13.0 Å². The number of carbonyl (C=O) groups excluding carboxylic acids is 1. The topological polar surface area (TPSA) is 83.5 Å². The van der Waals surface area contributed by atoms with Crippen LogP contribution in [0.25, 0.3) is 0 Å². The molecule has 1 fully saturated rings. The van der Waals surface area contributed by atoms with E-state index in [1.54, 1.807) is 0 Å². The molecule has 72 valence electrons. The van der Waals surface area contributed by atoms with Crippen molar-refractivity contribution in [1.29, 1.82) is 0 Å². The summed E-state index contributed by atoms with van der Waals surface area (Å²) >= 11 is 0. The predicted molar refractivity (Wildman–Crippen MR) is 44.6 cm³/mol. The fourth-order valence-electron chi connectivity index (χ4n) is 0.727. The van der Waals surface area contributed by atoms with Crippen molar-refractivity contribution in [2.45, 2.75) is 12.8 Å². The molecule has 0 aliphatic carbocycles. The summed E-state index contributed by atoms with van der Waals surface area (Å²) in [7, 11) is -3.67. The first-order valence-corrected chi connectivity index (χ1v) is 5.39. The standard InChI is InChI=1S/C5H9NO.CH4O3S/c7-5-2-1-3-6-4-5;1-5(2,3)4/h6H,1-4H2;1H3,(H,2,3,4). The normalized spacial score (nSPS) is 18.0. The molecule has 0 amide bonds. The Balaban J connectivity index is 0.000000217. The van der Waals surface area contributed by atoms with Gasteiger partial charge >= 0.3 is 0 Å². The first kappa shape index (κ1) is 11.5. The third-order valence-electron chi connectivity index (χ3n) is 1.13. The number of ketones is 1. The molecule has 0 aromatic heterocycles. The first-order valence-electron chi connectivity index (χ1n) is 3.54. The van der Waals surface area contributed by atoms with Gasteiger partial charge in [-0.1, -0.05) is 0 Å². The Morgan fingerprint density at radius 3 is 2.17 bits per heavy atom. The monoisotopic (exact) mass is 195 g/mol. The van der Waals surface area contributed by atoms with E-state index >= 15 is 0 Å². The zero-order valence-electron chi connectivity index (χ0n) is 6.91. The molecule has 0 aromatic carbocycles. The molecular weight excluding hydrogens is 182 g/mol. The molecule has 5 nitrogen and oxygen atoms in total. The van der Waals surface area contributed by atoms with Gasteiger partial charge in [-0.3, -0.25) is 9.35 Å². The summed E-state index contributed by atoms with van der Waals surface area (Å²) < 4.78 is 25.9. The molecule has 0 spiro atoms. The highest BCUT2D eigenvalue weighted by Crippen LogP contribution is 1.92. The van der Waals surface area contributed by atoms with E-state index < -0.39 is 10.1 Å². The summed E-state index contributed by atoms with van der Waals surface area (Å²) in [6, 6.07) is 0. The lowest BCUT2D eigenvalue weighted by Gasteiger charge is -2.08. The minimum absolute atomic E-state index is 0.353. The summed E-state index contributed by atoms with van der Waals surface area (Å²) in [4.78, 5) is 10.4. The second kappa shape index (κ2) is 5.23. The first-order chi connectivity index (χ1) is 5.39. The summed E-state index contributed by atoms with van der Waals surface area (Å²) in [5.74, 6) is 0.353. The van der Waals surface area contributed by atoms with Gasteiger partial charge in [0.25, 0.3) is 10.1 Å². The number of Topliss-reactive ketones (excluding diaryl/α,β-unsaturated/α-hetero) is 1. The van der Waals surface area contributed by atoms with Crippen molar-refractivity contribution in [3.8, 4) is 0 Å². The SMILES string of the molecule is CS(=O)(=O)O.O=C1CCCNC1. The van der Waals surface area contributed by atoms with E-state index in [1.807, 2.05) is 0 Å². The molecule has 1 aliphatic rings. The summed E-state index contributed by atoms with van der Waals surface area (Å²) in [6.45, 7) is 1.62. The Hall–Kier alpha value is -0.460. The summed E-state index contributed by atoms with van der Waals surface area (Å²) in [5.41, 5.74) is 0. The van der Waals surface area contributed by atoms with Crippen molar-refractivity contribution < 1.29 is 17.8 Å². The van der Waals surface area contributed by atoms with E-state index in [0.29, 0.717) is 18.6 Å². The second-order valence-electron chi connectivity index (χ2n) is 2.55. The number of hydrogen-bond donors (Lipinski definition) is 2. The predicted octanol–water partition coefficient (Wildman–Crippen LogP) is -0.557. The molecule has 12 heavy (non-hydrogen) atoms. The largest absolute Gasteiger partial charge is 0.310 e. The van der Waals surface area contributed by atoms with Crippen LogP contribution in [0.15, 0.2) is 0 Å². The van der Waals surface area contributed by atoms with Crippen LogP contribution in [0.5, 0.6) is 0 Å². The quantitative estimate of drug-likeness (QED) is 0.506. The molecule has 0 unspecified atom stereocenters. The maximum absolute atomic E-state index is 10.4. The number of piperidine rings is 1. The van der Waals surface area contributed by atoms with E-state index in [0.717, 1.165) is 19.4 Å². The Labute approximate surface area is 71.9 Å². The van der Waals surface area contributed by atoms with Gasteiger partial charge in [0.1, 0.15) is 5.78 Å². The Kier molecular flexibility index (Phi) is 5.03. The van der Waals surface area contributed by atoms with Crippen LogP contribution in [-0.2, 0) is 14.9 Å². The van der Waals surface area contributed by atoms with E-state index in [4.69, 9.17) is 4.55 Å². The zero-order valence-corrected chi connectivity index (χ0v) is 7.73.